The van der Waals surface area contributed by atoms with Crippen molar-refractivity contribution in [3.63, 3.8) is 0 Å². The highest BCUT2D eigenvalue weighted by Gasteiger charge is 2.30. The van der Waals surface area contributed by atoms with Crippen LogP contribution in [-0.4, -0.2) is 13.1 Å². The van der Waals surface area contributed by atoms with E-state index in [2.05, 4.69) is 54.8 Å². The van der Waals surface area contributed by atoms with E-state index in [9.17, 15) is 0 Å². The summed E-state index contributed by atoms with van der Waals surface area (Å²) in [6.45, 7) is 0. The molecule has 2 aromatic carbocycles. The molecule has 1 aliphatic carbocycles. The average Bonchev–Trinajstić information content (AvgIpc) is 3.20. The number of nitrogens with one attached hydrogen (secondary N) is 1. The zero-order chi connectivity index (χ0) is 11.7. The second-order valence-corrected chi connectivity index (χ2v) is 5.07. The van der Waals surface area contributed by atoms with Gasteiger partial charge in [0.15, 0.2) is 0 Å². The van der Waals surface area contributed by atoms with E-state index in [4.69, 9.17) is 0 Å². The van der Waals surface area contributed by atoms with E-state index in [1.165, 1.54) is 29.2 Å². The molecule has 2 aromatic rings. The summed E-state index contributed by atoms with van der Waals surface area (Å²) in [7, 11) is 2.09. The molecule has 0 aromatic heterocycles. The monoisotopic (exact) mass is 225 g/mol. The summed E-state index contributed by atoms with van der Waals surface area (Å²) < 4.78 is 0. The molecule has 1 unspecified atom stereocenters. The molecule has 0 aliphatic heterocycles. The van der Waals surface area contributed by atoms with E-state index in [0.29, 0.717) is 6.04 Å². The molecule has 1 aliphatic rings. The molecule has 1 fully saturated rings. The Bertz CT molecular complexity index is 508. The van der Waals surface area contributed by atoms with Gasteiger partial charge in [-0.05, 0) is 48.6 Å². The number of fused-ring (bicyclic) bond motifs is 1. The highest BCUT2D eigenvalue weighted by atomic mass is 14.9. The molecule has 17 heavy (non-hydrogen) atoms. The minimum atomic E-state index is 0.654. The first-order valence-electron chi connectivity index (χ1n) is 6.52. The van der Waals surface area contributed by atoms with Crippen LogP contribution in [0.1, 0.15) is 18.4 Å². The molecule has 0 heterocycles. The summed E-state index contributed by atoms with van der Waals surface area (Å²) in [6.07, 6.45) is 3.95. The van der Waals surface area contributed by atoms with E-state index < -0.39 is 0 Å². The van der Waals surface area contributed by atoms with Crippen LogP contribution >= 0.6 is 0 Å². The lowest BCUT2D eigenvalue weighted by Gasteiger charge is -2.16. The average molecular weight is 225 g/mol. The van der Waals surface area contributed by atoms with Gasteiger partial charge in [0.2, 0.25) is 0 Å². The number of likely N-dealkylation sites (N-methyl/N-ethyl adjacent to an activating group) is 1. The quantitative estimate of drug-likeness (QED) is 0.841. The summed E-state index contributed by atoms with van der Waals surface area (Å²) in [4.78, 5) is 0. The van der Waals surface area contributed by atoms with Gasteiger partial charge < -0.3 is 5.32 Å². The van der Waals surface area contributed by atoms with Gasteiger partial charge in [0.1, 0.15) is 0 Å². The third-order valence-electron chi connectivity index (χ3n) is 3.88. The van der Waals surface area contributed by atoms with Gasteiger partial charge in [-0.2, -0.15) is 0 Å². The molecule has 1 saturated carbocycles. The Hall–Kier alpha value is -1.34. The maximum atomic E-state index is 3.48. The van der Waals surface area contributed by atoms with Crippen molar-refractivity contribution in [1.29, 1.82) is 0 Å². The molecule has 0 spiro atoms. The lowest BCUT2D eigenvalue weighted by molar-refractivity contribution is 0.502. The minimum Gasteiger partial charge on any atom is -0.316 e. The first-order valence-corrected chi connectivity index (χ1v) is 6.52. The molecular weight excluding hydrogens is 206 g/mol. The molecule has 1 atom stereocenters. The fourth-order valence-corrected chi connectivity index (χ4v) is 2.71. The normalized spacial score (nSPS) is 17.2. The van der Waals surface area contributed by atoms with Crippen molar-refractivity contribution in [2.45, 2.75) is 25.3 Å². The number of hydrogen-bond donors (Lipinski definition) is 1. The summed E-state index contributed by atoms with van der Waals surface area (Å²) in [5, 5.41) is 6.25. The smallest absolute Gasteiger partial charge is 0.0133 e. The van der Waals surface area contributed by atoms with Gasteiger partial charge in [-0.1, -0.05) is 42.5 Å². The van der Waals surface area contributed by atoms with E-state index in [-0.39, 0.29) is 0 Å². The summed E-state index contributed by atoms with van der Waals surface area (Å²) in [6, 6.07) is 16.0. The van der Waals surface area contributed by atoms with Crippen LogP contribution < -0.4 is 5.32 Å². The van der Waals surface area contributed by atoms with E-state index >= 15 is 0 Å². The van der Waals surface area contributed by atoms with Crippen LogP contribution in [0.4, 0.5) is 0 Å². The molecule has 88 valence electrons. The predicted molar refractivity (Wildman–Crippen MR) is 73.2 cm³/mol. The van der Waals surface area contributed by atoms with Gasteiger partial charge >= 0.3 is 0 Å². The SMILES string of the molecule is CNC(Cc1cccc2ccccc12)C1CC1. The molecule has 0 saturated heterocycles. The zero-order valence-corrected chi connectivity index (χ0v) is 10.3. The van der Waals surface area contributed by atoms with Crippen molar-refractivity contribution >= 4 is 10.8 Å². The Morgan fingerprint density at radius 1 is 1.12 bits per heavy atom. The van der Waals surface area contributed by atoms with Gasteiger partial charge in [-0.25, -0.2) is 0 Å². The van der Waals surface area contributed by atoms with Crippen LogP contribution in [0.15, 0.2) is 42.5 Å². The van der Waals surface area contributed by atoms with Crippen LogP contribution in [0.25, 0.3) is 10.8 Å². The Labute approximate surface area is 103 Å². The third kappa shape index (κ3) is 2.20. The molecular formula is C16H19N. The van der Waals surface area contributed by atoms with E-state index in [1.807, 2.05) is 0 Å². The van der Waals surface area contributed by atoms with Crippen LogP contribution in [0.3, 0.4) is 0 Å². The third-order valence-corrected chi connectivity index (χ3v) is 3.88. The van der Waals surface area contributed by atoms with Crippen molar-refractivity contribution < 1.29 is 0 Å². The van der Waals surface area contributed by atoms with Crippen molar-refractivity contribution in [3.05, 3.63) is 48.0 Å². The van der Waals surface area contributed by atoms with Crippen molar-refractivity contribution in [2.24, 2.45) is 5.92 Å². The van der Waals surface area contributed by atoms with Gasteiger partial charge in [-0.3, -0.25) is 0 Å². The second kappa shape index (κ2) is 4.50. The number of hydrogen-bond acceptors (Lipinski definition) is 1. The standard InChI is InChI=1S/C16H19N/c1-17-16(13-9-10-13)11-14-7-4-6-12-5-2-3-8-15(12)14/h2-8,13,16-17H,9-11H2,1H3. The summed E-state index contributed by atoms with van der Waals surface area (Å²) in [5.74, 6) is 0.902. The Kier molecular flexibility index (Phi) is 2.86. The molecule has 0 bridgehead atoms. The number of rotatable bonds is 4. The number of benzene rings is 2. The van der Waals surface area contributed by atoms with Gasteiger partial charge in [0.05, 0.1) is 0 Å². The maximum Gasteiger partial charge on any atom is 0.0133 e. The predicted octanol–water partition coefficient (Wildman–Crippen LogP) is 3.38. The molecule has 1 N–H and O–H groups in total. The largest absolute Gasteiger partial charge is 0.316 e. The highest BCUT2D eigenvalue weighted by Crippen LogP contribution is 2.34. The van der Waals surface area contributed by atoms with Gasteiger partial charge in [0.25, 0.3) is 0 Å². The lowest BCUT2D eigenvalue weighted by Crippen LogP contribution is -2.29. The highest BCUT2D eigenvalue weighted by molar-refractivity contribution is 5.85. The first kappa shape index (κ1) is 10.8. The molecule has 1 heteroatoms. The minimum absolute atomic E-state index is 0.654. The van der Waals surface area contributed by atoms with Crippen LogP contribution in [0.2, 0.25) is 0 Å². The lowest BCUT2D eigenvalue weighted by atomic mass is 9.97. The van der Waals surface area contributed by atoms with E-state index in [1.54, 1.807) is 0 Å². The van der Waals surface area contributed by atoms with Crippen molar-refractivity contribution in [1.82, 2.24) is 5.32 Å². The Balaban J connectivity index is 1.93. The Morgan fingerprint density at radius 3 is 2.65 bits per heavy atom. The molecule has 3 rings (SSSR count). The van der Waals surface area contributed by atoms with Crippen LogP contribution in [0, 0.1) is 5.92 Å². The first-order chi connectivity index (χ1) is 8.38. The van der Waals surface area contributed by atoms with Crippen molar-refractivity contribution in [3.8, 4) is 0 Å². The maximum absolute atomic E-state index is 3.48. The molecule has 0 radical (unpaired) electrons. The van der Waals surface area contributed by atoms with Crippen LogP contribution in [0.5, 0.6) is 0 Å². The summed E-state index contributed by atoms with van der Waals surface area (Å²) >= 11 is 0. The molecule has 1 nitrogen and oxygen atoms in total. The van der Waals surface area contributed by atoms with Gasteiger partial charge in [0, 0.05) is 6.04 Å². The van der Waals surface area contributed by atoms with Crippen LogP contribution in [-0.2, 0) is 6.42 Å². The zero-order valence-electron chi connectivity index (χ0n) is 10.3. The fourth-order valence-electron chi connectivity index (χ4n) is 2.71. The Morgan fingerprint density at radius 2 is 1.88 bits per heavy atom. The molecule has 0 amide bonds. The second-order valence-electron chi connectivity index (χ2n) is 5.07. The van der Waals surface area contributed by atoms with E-state index in [0.717, 1.165) is 12.3 Å². The van der Waals surface area contributed by atoms with Gasteiger partial charge in [-0.15, -0.1) is 0 Å². The van der Waals surface area contributed by atoms with Crippen molar-refractivity contribution in [2.75, 3.05) is 7.05 Å². The summed E-state index contributed by atoms with van der Waals surface area (Å²) in [5.41, 5.74) is 1.48. The topological polar surface area (TPSA) is 12.0 Å². The fraction of sp³-hybridized carbons (Fsp3) is 0.375.